The van der Waals surface area contributed by atoms with E-state index in [1.165, 1.54) is 30.5 Å². The minimum absolute atomic E-state index is 0.00625. The lowest BCUT2D eigenvalue weighted by molar-refractivity contribution is -0.274. The molecule has 0 radical (unpaired) electrons. The first-order valence-corrected chi connectivity index (χ1v) is 7.91. The maximum Gasteiger partial charge on any atom is 0.573 e. The number of aromatic nitrogens is 2. The molecule has 0 spiro atoms. The molecule has 0 saturated carbocycles. The van der Waals surface area contributed by atoms with Crippen molar-refractivity contribution in [1.29, 1.82) is 0 Å². The van der Waals surface area contributed by atoms with Crippen LogP contribution >= 0.6 is 0 Å². The molecule has 0 bridgehead atoms. The smallest absolute Gasteiger partial charge is 0.406 e. The standard InChI is InChI=1S/C17H17F3N4O3/c1-10(2)14(25)24-16-21-7-6-13(23-16)15(26)22-9-11-4-3-5-12(8-11)27-17(18,19)20/h3-8,10H,9H2,1-2H3,(H,22,26)(H,21,23,24,25). The van der Waals surface area contributed by atoms with Crippen molar-refractivity contribution in [3.05, 3.63) is 47.8 Å². The summed E-state index contributed by atoms with van der Waals surface area (Å²) < 4.78 is 40.6. The van der Waals surface area contributed by atoms with Gasteiger partial charge in [-0.15, -0.1) is 13.2 Å². The van der Waals surface area contributed by atoms with Gasteiger partial charge in [0.1, 0.15) is 11.4 Å². The van der Waals surface area contributed by atoms with Crippen molar-refractivity contribution >= 4 is 17.8 Å². The van der Waals surface area contributed by atoms with Crippen LogP contribution in [0.25, 0.3) is 0 Å². The van der Waals surface area contributed by atoms with E-state index in [0.717, 1.165) is 6.07 Å². The van der Waals surface area contributed by atoms with Crippen LogP contribution in [0.5, 0.6) is 5.75 Å². The van der Waals surface area contributed by atoms with Gasteiger partial charge in [0.15, 0.2) is 0 Å². The third kappa shape index (κ3) is 6.57. The summed E-state index contributed by atoms with van der Waals surface area (Å²) in [4.78, 5) is 31.6. The largest absolute Gasteiger partial charge is 0.573 e. The number of anilines is 1. The second-order valence-corrected chi connectivity index (χ2v) is 5.79. The normalized spacial score (nSPS) is 11.2. The van der Waals surface area contributed by atoms with Crippen LogP contribution < -0.4 is 15.4 Å². The van der Waals surface area contributed by atoms with Gasteiger partial charge in [0.25, 0.3) is 5.91 Å². The zero-order valence-electron chi connectivity index (χ0n) is 14.5. The Morgan fingerprint density at radius 1 is 1.22 bits per heavy atom. The van der Waals surface area contributed by atoms with E-state index in [1.807, 2.05) is 0 Å². The molecule has 0 aliphatic heterocycles. The maximum atomic E-state index is 12.3. The molecule has 0 fully saturated rings. The van der Waals surface area contributed by atoms with Crippen LogP contribution in [0, 0.1) is 5.92 Å². The van der Waals surface area contributed by atoms with Crippen molar-refractivity contribution in [3.8, 4) is 5.75 Å². The minimum Gasteiger partial charge on any atom is -0.406 e. The summed E-state index contributed by atoms with van der Waals surface area (Å²) in [5, 5.41) is 5.01. The summed E-state index contributed by atoms with van der Waals surface area (Å²) in [6.07, 6.45) is -3.48. The number of nitrogens with one attached hydrogen (secondary N) is 2. The predicted octanol–water partition coefficient (Wildman–Crippen LogP) is 2.90. The number of benzene rings is 1. The van der Waals surface area contributed by atoms with Crippen molar-refractivity contribution in [2.45, 2.75) is 26.8 Å². The van der Waals surface area contributed by atoms with Crippen LogP contribution in [-0.4, -0.2) is 28.1 Å². The highest BCUT2D eigenvalue weighted by Crippen LogP contribution is 2.23. The van der Waals surface area contributed by atoms with Gasteiger partial charge in [0.2, 0.25) is 11.9 Å². The second kappa shape index (κ2) is 8.47. The number of nitrogens with zero attached hydrogens (tertiary/aromatic N) is 2. The number of hydrogen-bond donors (Lipinski definition) is 2. The van der Waals surface area contributed by atoms with Crippen LogP contribution in [0.2, 0.25) is 0 Å². The van der Waals surface area contributed by atoms with Crippen molar-refractivity contribution in [2.75, 3.05) is 5.32 Å². The van der Waals surface area contributed by atoms with Crippen LogP contribution in [0.4, 0.5) is 19.1 Å². The van der Waals surface area contributed by atoms with Crippen molar-refractivity contribution in [2.24, 2.45) is 5.92 Å². The topological polar surface area (TPSA) is 93.2 Å². The fourth-order valence-corrected chi connectivity index (χ4v) is 1.93. The Bertz CT molecular complexity index is 825. The highest BCUT2D eigenvalue weighted by atomic mass is 19.4. The van der Waals surface area contributed by atoms with Gasteiger partial charge in [-0.2, -0.15) is 0 Å². The fraction of sp³-hybridized carbons (Fsp3) is 0.294. The summed E-state index contributed by atoms with van der Waals surface area (Å²) >= 11 is 0. The number of carbonyl (C=O) groups excluding carboxylic acids is 2. The number of rotatable bonds is 6. The minimum atomic E-state index is -4.79. The van der Waals surface area contributed by atoms with E-state index < -0.39 is 12.3 Å². The van der Waals surface area contributed by atoms with Gasteiger partial charge >= 0.3 is 6.36 Å². The molecular formula is C17H17F3N4O3. The molecule has 0 unspecified atom stereocenters. The van der Waals surface area contributed by atoms with Crippen LogP contribution in [0.15, 0.2) is 36.5 Å². The molecule has 27 heavy (non-hydrogen) atoms. The second-order valence-electron chi connectivity index (χ2n) is 5.79. The predicted molar refractivity (Wildman–Crippen MR) is 89.8 cm³/mol. The number of carbonyl (C=O) groups is 2. The van der Waals surface area contributed by atoms with Crippen LogP contribution in [0.1, 0.15) is 29.9 Å². The molecule has 0 atom stereocenters. The first kappa shape index (κ1) is 20.1. The molecule has 0 aliphatic rings. The number of alkyl halides is 3. The molecule has 7 nitrogen and oxygen atoms in total. The maximum absolute atomic E-state index is 12.3. The van der Waals surface area contributed by atoms with Gasteiger partial charge in [-0.25, -0.2) is 9.97 Å². The summed E-state index contributed by atoms with van der Waals surface area (Å²) in [5.74, 6) is -1.54. The van der Waals surface area contributed by atoms with Gasteiger partial charge in [0.05, 0.1) is 0 Å². The monoisotopic (exact) mass is 382 g/mol. The number of hydrogen-bond acceptors (Lipinski definition) is 5. The van der Waals surface area contributed by atoms with Crippen LogP contribution in [0.3, 0.4) is 0 Å². The summed E-state index contributed by atoms with van der Waals surface area (Å²) in [7, 11) is 0. The molecular weight excluding hydrogens is 365 g/mol. The Labute approximate surface area is 153 Å². The number of amides is 2. The Kier molecular flexibility index (Phi) is 6.32. The van der Waals surface area contributed by atoms with Gasteiger partial charge in [-0.1, -0.05) is 26.0 Å². The Morgan fingerprint density at radius 3 is 2.63 bits per heavy atom. The molecule has 2 N–H and O–H groups in total. The fourth-order valence-electron chi connectivity index (χ4n) is 1.93. The highest BCUT2D eigenvalue weighted by molar-refractivity contribution is 5.94. The lowest BCUT2D eigenvalue weighted by Gasteiger charge is -2.11. The first-order valence-electron chi connectivity index (χ1n) is 7.91. The van der Waals surface area contributed by atoms with E-state index in [2.05, 4.69) is 25.3 Å². The van der Waals surface area contributed by atoms with Crippen molar-refractivity contribution < 1.29 is 27.5 Å². The summed E-state index contributed by atoms with van der Waals surface area (Å²) in [5.41, 5.74) is 0.416. The van der Waals surface area contributed by atoms with Gasteiger partial charge in [0, 0.05) is 18.7 Å². The molecule has 2 rings (SSSR count). The average Bonchev–Trinajstić information content (AvgIpc) is 2.58. The number of halogens is 3. The third-order valence-electron chi connectivity index (χ3n) is 3.23. The van der Waals surface area contributed by atoms with E-state index in [1.54, 1.807) is 13.8 Å². The third-order valence-corrected chi connectivity index (χ3v) is 3.23. The van der Waals surface area contributed by atoms with E-state index >= 15 is 0 Å². The highest BCUT2D eigenvalue weighted by Gasteiger charge is 2.31. The van der Waals surface area contributed by atoms with Gasteiger partial charge in [-0.3, -0.25) is 14.9 Å². The van der Waals surface area contributed by atoms with E-state index in [9.17, 15) is 22.8 Å². The van der Waals surface area contributed by atoms with E-state index in [0.29, 0.717) is 5.56 Å². The lowest BCUT2D eigenvalue weighted by atomic mass is 10.2. The van der Waals surface area contributed by atoms with E-state index in [4.69, 9.17) is 0 Å². The molecule has 1 aromatic heterocycles. The Hall–Kier alpha value is -3.17. The first-order chi connectivity index (χ1) is 12.6. The molecule has 10 heteroatoms. The molecule has 0 saturated heterocycles. The quantitative estimate of drug-likeness (QED) is 0.801. The van der Waals surface area contributed by atoms with Gasteiger partial charge in [-0.05, 0) is 23.8 Å². The SMILES string of the molecule is CC(C)C(=O)Nc1nccc(C(=O)NCc2cccc(OC(F)(F)F)c2)n1. The lowest BCUT2D eigenvalue weighted by Crippen LogP contribution is -2.25. The zero-order chi connectivity index (χ0) is 20.0. The zero-order valence-corrected chi connectivity index (χ0v) is 14.5. The van der Waals surface area contributed by atoms with Crippen LogP contribution in [-0.2, 0) is 11.3 Å². The molecule has 144 valence electrons. The average molecular weight is 382 g/mol. The molecule has 0 aliphatic carbocycles. The number of ether oxygens (including phenoxy) is 1. The summed E-state index contributed by atoms with van der Waals surface area (Å²) in [6, 6.07) is 6.60. The Balaban J connectivity index is 2.00. The summed E-state index contributed by atoms with van der Waals surface area (Å²) in [6.45, 7) is 3.36. The van der Waals surface area contributed by atoms with Gasteiger partial charge < -0.3 is 10.1 Å². The van der Waals surface area contributed by atoms with E-state index in [-0.39, 0.29) is 35.8 Å². The molecule has 1 heterocycles. The van der Waals surface area contributed by atoms with Crippen molar-refractivity contribution in [1.82, 2.24) is 15.3 Å². The molecule has 2 aromatic rings. The molecule has 1 aromatic carbocycles. The molecule has 2 amide bonds. The van der Waals surface area contributed by atoms with Crippen molar-refractivity contribution in [3.63, 3.8) is 0 Å². The Morgan fingerprint density at radius 2 is 1.96 bits per heavy atom.